The maximum atomic E-state index is 10.9. The standard InChI is InChI=1S/C24H23N3O2/c1-17(19-8-4-3-5-9-19)23-21(14-20-10-11-22(23)27-20)24(15-25,16-26)12-6-7-13-29-18(2)28/h3-5,8-9,14,20,22-23,27H,1,10-13H2,2H3/t20?,22-,23+/m0/s1. The molecular formula is C24H23N3O2. The van der Waals surface area contributed by atoms with Gasteiger partial charge in [-0.25, -0.2) is 0 Å². The first-order valence-corrected chi connectivity index (χ1v) is 9.65. The fourth-order valence-electron chi connectivity index (χ4n) is 4.12. The fraction of sp³-hybridized carbons (Fsp3) is 0.375. The van der Waals surface area contributed by atoms with E-state index in [2.05, 4.69) is 35.9 Å². The minimum absolute atomic E-state index is 0.0473. The summed E-state index contributed by atoms with van der Waals surface area (Å²) in [5.41, 5.74) is 1.32. The molecular weight excluding hydrogens is 362 g/mol. The van der Waals surface area contributed by atoms with Gasteiger partial charge in [-0.3, -0.25) is 4.79 Å². The molecule has 1 saturated heterocycles. The van der Waals surface area contributed by atoms with Crippen molar-refractivity contribution in [1.29, 1.82) is 10.5 Å². The lowest BCUT2D eigenvalue weighted by atomic mass is 9.68. The van der Waals surface area contributed by atoms with Crippen LogP contribution in [0.15, 0.2) is 48.6 Å². The monoisotopic (exact) mass is 385 g/mol. The number of nitrogens with zero attached hydrogens (tertiary/aromatic N) is 2. The number of nitriles is 2. The largest absolute Gasteiger partial charge is 0.453 e. The maximum Gasteiger partial charge on any atom is 0.303 e. The molecule has 0 radical (unpaired) electrons. The maximum absolute atomic E-state index is 10.9. The van der Waals surface area contributed by atoms with Crippen LogP contribution >= 0.6 is 0 Å². The number of esters is 1. The summed E-state index contributed by atoms with van der Waals surface area (Å²) in [5.74, 6) is 5.04. The van der Waals surface area contributed by atoms with Crippen molar-refractivity contribution in [3.63, 3.8) is 0 Å². The van der Waals surface area contributed by atoms with Gasteiger partial charge in [0, 0.05) is 31.3 Å². The topological polar surface area (TPSA) is 85.9 Å². The third kappa shape index (κ3) is 4.24. The molecule has 0 saturated carbocycles. The van der Waals surface area contributed by atoms with Gasteiger partial charge in [-0.2, -0.15) is 10.5 Å². The van der Waals surface area contributed by atoms with Crippen molar-refractivity contribution in [2.75, 3.05) is 6.61 Å². The van der Waals surface area contributed by atoms with E-state index in [1.54, 1.807) is 0 Å². The normalized spacial score (nSPS) is 22.3. The molecule has 2 heterocycles. The molecule has 1 unspecified atom stereocenters. The van der Waals surface area contributed by atoms with Gasteiger partial charge in [0.1, 0.15) is 0 Å². The van der Waals surface area contributed by atoms with Gasteiger partial charge in [0.05, 0.1) is 12.1 Å². The minimum Gasteiger partial charge on any atom is -0.453 e. The third-order valence-corrected chi connectivity index (χ3v) is 5.56. The predicted octanol–water partition coefficient (Wildman–Crippen LogP) is 3.37. The SMILES string of the molecule is C=C(c1ccccc1)[C@@H]1C(C(C#N)(C#N)CC#CCOC(C)=O)=CC2CC[C@@H]1N2. The molecule has 146 valence electrons. The van der Waals surface area contributed by atoms with Crippen LogP contribution in [0.25, 0.3) is 5.57 Å². The Balaban J connectivity index is 1.94. The highest BCUT2D eigenvalue weighted by Gasteiger charge is 2.47. The Bertz CT molecular complexity index is 955. The predicted molar refractivity (Wildman–Crippen MR) is 110 cm³/mol. The Labute approximate surface area is 171 Å². The zero-order chi connectivity index (χ0) is 20.9. The molecule has 0 spiro atoms. The van der Waals surface area contributed by atoms with Crippen molar-refractivity contribution in [1.82, 2.24) is 5.32 Å². The fourth-order valence-corrected chi connectivity index (χ4v) is 4.12. The van der Waals surface area contributed by atoms with E-state index in [0.717, 1.165) is 29.6 Å². The number of hydrogen-bond acceptors (Lipinski definition) is 5. The third-order valence-electron chi connectivity index (χ3n) is 5.56. The van der Waals surface area contributed by atoms with Crippen LogP contribution in [0.5, 0.6) is 0 Å². The first-order valence-electron chi connectivity index (χ1n) is 9.65. The van der Waals surface area contributed by atoms with Gasteiger partial charge < -0.3 is 10.1 Å². The average Bonchev–Trinajstić information content (AvgIpc) is 3.12. The average molecular weight is 385 g/mol. The highest BCUT2D eigenvalue weighted by molar-refractivity contribution is 5.70. The number of carbonyl (C=O) groups is 1. The summed E-state index contributed by atoms with van der Waals surface area (Å²) in [7, 11) is 0. The Morgan fingerprint density at radius 1 is 1.24 bits per heavy atom. The lowest BCUT2D eigenvalue weighted by molar-refractivity contribution is -0.139. The van der Waals surface area contributed by atoms with Crippen LogP contribution in [0.3, 0.4) is 0 Å². The molecule has 1 aromatic rings. The quantitative estimate of drug-likeness (QED) is 0.477. The van der Waals surface area contributed by atoms with Gasteiger partial charge in [0.2, 0.25) is 0 Å². The number of fused-ring (bicyclic) bond motifs is 2. The Kier molecular flexibility index (Phi) is 6.18. The molecule has 2 aliphatic heterocycles. The second kappa shape index (κ2) is 8.78. The number of carbonyl (C=O) groups excluding carboxylic acids is 1. The summed E-state index contributed by atoms with van der Waals surface area (Å²) in [6, 6.07) is 14.6. The zero-order valence-corrected chi connectivity index (χ0v) is 16.4. The van der Waals surface area contributed by atoms with E-state index < -0.39 is 11.4 Å². The molecule has 0 aromatic heterocycles. The first kappa shape index (κ1) is 20.4. The van der Waals surface area contributed by atoms with E-state index in [0.29, 0.717) is 0 Å². The van der Waals surface area contributed by atoms with Gasteiger partial charge in [-0.15, -0.1) is 0 Å². The second-order valence-electron chi connectivity index (χ2n) is 7.39. The molecule has 0 amide bonds. The molecule has 2 aliphatic rings. The van der Waals surface area contributed by atoms with E-state index in [1.165, 1.54) is 6.92 Å². The van der Waals surface area contributed by atoms with Crippen molar-refractivity contribution < 1.29 is 9.53 Å². The summed E-state index contributed by atoms with van der Waals surface area (Å²) < 4.78 is 4.81. The minimum atomic E-state index is -1.37. The molecule has 2 bridgehead atoms. The van der Waals surface area contributed by atoms with Crippen LogP contribution in [-0.4, -0.2) is 24.7 Å². The summed E-state index contributed by atoms with van der Waals surface area (Å²) in [4.78, 5) is 10.9. The van der Waals surface area contributed by atoms with Crippen LogP contribution in [0, 0.1) is 45.8 Å². The Morgan fingerprint density at radius 2 is 1.97 bits per heavy atom. The zero-order valence-electron chi connectivity index (χ0n) is 16.4. The van der Waals surface area contributed by atoms with E-state index in [4.69, 9.17) is 4.74 Å². The van der Waals surface area contributed by atoms with Crippen LogP contribution in [0.2, 0.25) is 0 Å². The van der Waals surface area contributed by atoms with Crippen LogP contribution in [0.4, 0.5) is 0 Å². The van der Waals surface area contributed by atoms with E-state index in [9.17, 15) is 15.3 Å². The Morgan fingerprint density at radius 3 is 2.62 bits per heavy atom. The van der Waals surface area contributed by atoms with Crippen molar-refractivity contribution in [3.05, 3.63) is 54.1 Å². The second-order valence-corrected chi connectivity index (χ2v) is 7.39. The van der Waals surface area contributed by atoms with Crippen molar-refractivity contribution in [3.8, 4) is 24.0 Å². The lowest BCUT2D eigenvalue weighted by Gasteiger charge is -2.37. The number of ether oxygens (including phenoxy) is 1. The van der Waals surface area contributed by atoms with E-state index in [-0.39, 0.29) is 31.0 Å². The summed E-state index contributed by atoms with van der Waals surface area (Å²) in [6.45, 7) is 5.60. The summed E-state index contributed by atoms with van der Waals surface area (Å²) in [5, 5.41) is 23.6. The van der Waals surface area contributed by atoms with Crippen molar-refractivity contribution >= 4 is 11.5 Å². The highest BCUT2D eigenvalue weighted by atomic mass is 16.5. The van der Waals surface area contributed by atoms with Gasteiger partial charge in [0.25, 0.3) is 0 Å². The molecule has 5 heteroatoms. The molecule has 1 fully saturated rings. The highest BCUT2D eigenvalue weighted by Crippen LogP contribution is 2.47. The van der Waals surface area contributed by atoms with Gasteiger partial charge in [0.15, 0.2) is 12.0 Å². The summed E-state index contributed by atoms with van der Waals surface area (Å²) in [6.07, 6.45) is 4.03. The van der Waals surface area contributed by atoms with Gasteiger partial charge in [-0.1, -0.05) is 54.8 Å². The molecule has 5 nitrogen and oxygen atoms in total. The van der Waals surface area contributed by atoms with E-state index in [1.807, 2.05) is 36.4 Å². The van der Waals surface area contributed by atoms with Crippen LogP contribution < -0.4 is 5.32 Å². The lowest BCUT2D eigenvalue weighted by Crippen LogP contribution is -2.44. The molecule has 3 rings (SSSR count). The number of rotatable bonds is 5. The number of benzene rings is 1. The van der Waals surface area contributed by atoms with Crippen LogP contribution in [0.1, 0.15) is 31.7 Å². The van der Waals surface area contributed by atoms with E-state index >= 15 is 0 Å². The Hall–Kier alpha value is -3.33. The smallest absolute Gasteiger partial charge is 0.303 e. The first-order chi connectivity index (χ1) is 14.0. The van der Waals surface area contributed by atoms with Gasteiger partial charge >= 0.3 is 5.97 Å². The molecule has 3 atom stereocenters. The number of nitrogens with one attached hydrogen (secondary N) is 1. The molecule has 1 aromatic carbocycles. The van der Waals surface area contributed by atoms with Crippen molar-refractivity contribution in [2.24, 2.45) is 11.3 Å². The molecule has 0 aliphatic carbocycles. The number of hydrogen-bond donors (Lipinski definition) is 1. The van der Waals surface area contributed by atoms with Crippen LogP contribution in [-0.2, 0) is 9.53 Å². The van der Waals surface area contributed by atoms with Crippen molar-refractivity contribution in [2.45, 2.75) is 38.3 Å². The molecule has 29 heavy (non-hydrogen) atoms. The molecule has 1 N–H and O–H groups in total. The summed E-state index contributed by atoms with van der Waals surface area (Å²) >= 11 is 0. The van der Waals surface area contributed by atoms with Gasteiger partial charge in [-0.05, 0) is 29.6 Å².